The first-order chi connectivity index (χ1) is 9.63. The molecule has 0 aliphatic carbocycles. The monoisotopic (exact) mass is 364 g/mol. The number of fused-ring (bicyclic) bond motifs is 1. The van der Waals surface area contributed by atoms with E-state index >= 15 is 0 Å². The molecular formula is C15H13BrN2S2. The van der Waals surface area contributed by atoms with Crippen LogP contribution in [-0.2, 0) is 0 Å². The first kappa shape index (κ1) is 14.1. The summed E-state index contributed by atoms with van der Waals surface area (Å²) in [5.74, 6) is 0. The van der Waals surface area contributed by atoms with Gasteiger partial charge in [0.05, 0.1) is 10.2 Å². The standard InChI is InChI=1S/C15H13BrN2S2/c1-9(17)10-6-7-13(11(16)8-10)19-15-18-12-4-2-3-5-14(12)20-15/h2-9H,17H2,1H3/t9-/m0/s1. The highest BCUT2D eigenvalue weighted by atomic mass is 79.9. The number of benzene rings is 2. The van der Waals surface area contributed by atoms with Crippen molar-refractivity contribution in [3.63, 3.8) is 0 Å². The summed E-state index contributed by atoms with van der Waals surface area (Å²) in [4.78, 5) is 5.80. The van der Waals surface area contributed by atoms with Crippen molar-refractivity contribution in [1.29, 1.82) is 0 Å². The summed E-state index contributed by atoms with van der Waals surface area (Å²) in [6.45, 7) is 1.99. The van der Waals surface area contributed by atoms with E-state index in [2.05, 4.69) is 45.2 Å². The highest BCUT2D eigenvalue weighted by Crippen LogP contribution is 2.38. The minimum absolute atomic E-state index is 0.0489. The number of para-hydroxylation sites is 1. The van der Waals surface area contributed by atoms with Crippen LogP contribution in [0.3, 0.4) is 0 Å². The van der Waals surface area contributed by atoms with Gasteiger partial charge in [0.1, 0.15) is 0 Å². The van der Waals surface area contributed by atoms with Crippen molar-refractivity contribution in [2.75, 3.05) is 0 Å². The molecule has 5 heteroatoms. The third-order valence-corrected chi connectivity index (χ3v) is 6.04. The van der Waals surface area contributed by atoms with E-state index in [0.717, 1.165) is 24.8 Å². The summed E-state index contributed by atoms with van der Waals surface area (Å²) in [6.07, 6.45) is 0. The number of nitrogens with zero attached hydrogens (tertiary/aromatic N) is 1. The van der Waals surface area contributed by atoms with Crippen molar-refractivity contribution >= 4 is 49.2 Å². The van der Waals surface area contributed by atoms with E-state index < -0.39 is 0 Å². The van der Waals surface area contributed by atoms with Crippen LogP contribution in [0.2, 0.25) is 0 Å². The Morgan fingerprint density at radius 1 is 1.25 bits per heavy atom. The second-order valence-electron chi connectivity index (χ2n) is 4.53. The van der Waals surface area contributed by atoms with Crippen molar-refractivity contribution in [3.8, 4) is 0 Å². The van der Waals surface area contributed by atoms with Gasteiger partial charge in [-0.15, -0.1) is 11.3 Å². The Kier molecular flexibility index (Phi) is 4.12. The van der Waals surface area contributed by atoms with Gasteiger partial charge in [-0.1, -0.05) is 30.0 Å². The molecule has 20 heavy (non-hydrogen) atoms. The number of rotatable bonds is 3. The zero-order valence-electron chi connectivity index (χ0n) is 10.8. The fourth-order valence-corrected chi connectivity index (χ4v) is 4.54. The Balaban J connectivity index is 1.90. The topological polar surface area (TPSA) is 38.9 Å². The molecule has 3 aromatic rings. The number of aromatic nitrogens is 1. The van der Waals surface area contributed by atoms with E-state index in [0.29, 0.717) is 0 Å². The molecule has 0 aliphatic heterocycles. The van der Waals surface area contributed by atoms with Crippen LogP contribution in [0.15, 0.2) is 56.2 Å². The summed E-state index contributed by atoms with van der Waals surface area (Å²) in [5, 5.41) is 0. The number of halogens is 1. The summed E-state index contributed by atoms with van der Waals surface area (Å²) < 4.78 is 3.34. The van der Waals surface area contributed by atoms with Crippen LogP contribution < -0.4 is 5.73 Å². The van der Waals surface area contributed by atoms with Crippen LogP contribution in [0.1, 0.15) is 18.5 Å². The minimum atomic E-state index is 0.0489. The maximum Gasteiger partial charge on any atom is 0.155 e. The van der Waals surface area contributed by atoms with Gasteiger partial charge in [-0.25, -0.2) is 4.98 Å². The predicted octanol–water partition coefficient (Wildman–Crippen LogP) is 5.23. The van der Waals surface area contributed by atoms with Gasteiger partial charge in [-0.05, 0) is 52.7 Å². The second kappa shape index (κ2) is 5.85. The number of nitrogens with two attached hydrogens (primary N) is 1. The maximum atomic E-state index is 5.90. The minimum Gasteiger partial charge on any atom is -0.324 e. The second-order valence-corrected chi connectivity index (χ2v) is 7.70. The average molecular weight is 365 g/mol. The smallest absolute Gasteiger partial charge is 0.155 e. The van der Waals surface area contributed by atoms with Crippen LogP contribution in [0, 0.1) is 0 Å². The quantitative estimate of drug-likeness (QED) is 0.691. The molecular weight excluding hydrogens is 352 g/mol. The van der Waals surface area contributed by atoms with Gasteiger partial charge >= 0.3 is 0 Å². The number of hydrogen-bond donors (Lipinski definition) is 1. The van der Waals surface area contributed by atoms with Crippen LogP contribution in [0.5, 0.6) is 0 Å². The first-order valence-corrected chi connectivity index (χ1v) is 8.64. The third kappa shape index (κ3) is 2.91. The molecule has 2 nitrogen and oxygen atoms in total. The SMILES string of the molecule is C[C@H](N)c1ccc(Sc2nc3ccccc3s2)c(Br)c1. The van der Waals surface area contributed by atoms with Crippen LogP contribution in [0.25, 0.3) is 10.2 Å². The van der Waals surface area contributed by atoms with Crippen LogP contribution in [0.4, 0.5) is 0 Å². The maximum absolute atomic E-state index is 5.90. The Labute approximate surface area is 134 Å². The number of thiazole rings is 1. The van der Waals surface area contributed by atoms with E-state index in [9.17, 15) is 0 Å². The molecule has 0 aliphatic rings. The largest absolute Gasteiger partial charge is 0.324 e. The zero-order chi connectivity index (χ0) is 14.1. The fourth-order valence-electron chi connectivity index (χ4n) is 1.87. The molecule has 0 saturated carbocycles. The van der Waals surface area contributed by atoms with Gasteiger partial charge in [-0.2, -0.15) is 0 Å². The Bertz CT molecular complexity index is 719. The lowest BCUT2D eigenvalue weighted by atomic mass is 10.1. The Hall–Kier alpha value is -0.880. The Morgan fingerprint density at radius 3 is 2.75 bits per heavy atom. The molecule has 0 unspecified atom stereocenters. The molecule has 1 aromatic heterocycles. The molecule has 102 valence electrons. The van der Waals surface area contributed by atoms with E-state index in [1.807, 2.05) is 25.1 Å². The van der Waals surface area contributed by atoms with Crippen LogP contribution >= 0.6 is 39.0 Å². The van der Waals surface area contributed by atoms with Gasteiger partial charge < -0.3 is 5.73 Å². The third-order valence-electron chi connectivity index (χ3n) is 2.95. The lowest BCUT2D eigenvalue weighted by Crippen LogP contribution is -2.04. The highest BCUT2D eigenvalue weighted by Gasteiger charge is 2.09. The average Bonchev–Trinajstić information content (AvgIpc) is 2.83. The van der Waals surface area contributed by atoms with Crippen molar-refractivity contribution in [2.45, 2.75) is 22.2 Å². The van der Waals surface area contributed by atoms with Gasteiger partial charge in [0.2, 0.25) is 0 Å². The molecule has 2 aromatic carbocycles. The van der Waals surface area contributed by atoms with Crippen molar-refractivity contribution < 1.29 is 0 Å². The molecule has 0 bridgehead atoms. The molecule has 2 N–H and O–H groups in total. The van der Waals surface area contributed by atoms with Crippen molar-refractivity contribution in [2.24, 2.45) is 5.73 Å². The molecule has 0 saturated heterocycles. The van der Waals surface area contributed by atoms with Gasteiger partial charge in [0, 0.05) is 15.4 Å². The normalized spacial score (nSPS) is 12.8. The van der Waals surface area contributed by atoms with E-state index in [4.69, 9.17) is 5.73 Å². The molecule has 1 heterocycles. The lowest BCUT2D eigenvalue weighted by molar-refractivity contribution is 0.815. The number of hydrogen-bond acceptors (Lipinski definition) is 4. The molecule has 0 spiro atoms. The molecule has 3 rings (SSSR count). The van der Waals surface area contributed by atoms with Gasteiger partial charge in [0.25, 0.3) is 0 Å². The van der Waals surface area contributed by atoms with Crippen LogP contribution in [-0.4, -0.2) is 4.98 Å². The van der Waals surface area contributed by atoms with Gasteiger partial charge in [0.15, 0.2) is 4.34 Å². The molecule has 0 radical (unpaired) electrons. The zero-order valence-corrected chi connectivity index (χ0v) is 14.1. The first-order valence-electron chi connectivity index (χ1n) is 6.22. The van der Waals surface area contributed by atoms with Crippen molar-refractivity contribution in [1.82, 2.24) is 4.98 Å². The predicted molar refractivity (Wildman–Crippen MR) is 90.5 cm³/mol. The summed E-state index contributed by atoms with van der Waals surface area (Å²) in [7, 11) is 0. The van der Waals surface area contributed by atoms with E-state index in [-0.39, 0.29) is 6.04 Å². The molecule has 0 fully saturated rings. The summed E-state index contributed by atoms with van der Waals surface area (Å²) in [6, 6.07) is 14.5. The van der Waals surface area contributed by atoms with E-state index in [1.165, 1.54) is 4.70 Å². The fraction of sp³-hybridized carbons (Fsp3) is 0.133. The lowest BCUT2D eigenvalue weighted by Gasteiger charge is -2.08. The Morgan fingerprint density at radius 2 is 2.05 bits per heavy atom. The molecule has 1 atom stereocenters. The van der Waals surface area contributed by atoms with E-state index in [1.54, 1.807) is 23.1 Å². The summed E-state index contributed by atoms with van der Waals surface area (Å²) >= 11 is 7.01. The highest BCUT2D eigenvalue weighted by molar-refractivity contribution is 9.10. The van der Waals surface area contributed by atoms with Gasteiger partial charge in [-0.3, -0.25) is 0 Å². The molecule has 0 amide bonds. The summed E-state index contributed by atoms with van der Waals surface area (Å²) in [5.41, 5.74) is 8.09. The van der Waals surface area contributed by atoms with Crippen molar-refractivity contribution in [3.05, 3.63) is 52.5 Å².